The van der Waals surface area contributed by atoms with Gasteiger partial charge < -0.3 is 10.6 Å². The molecule has 0 saturated heterocycles. The van der Waals surface area contributed by atoms with Crippen molar-refractivity contribution in [3.63, 3.8) is 0 Å². The van der Waals surface area contributed by atoms with Gasteiger partial charge in [0.05, 0.1) is 0 Å². The Hall–Kier alpha value is -1.80. The molecule has 2 aromatic rings. The third kappa shape index (κ3) is 2.71. The van der Waals surface area contributed by atoms with Crippen LogP contribution in [0.5, 0.6) is 0 Å². The summed E-state index contributed by atoms with van der Waals surface area (Å²) >= 11 is 0. The first-order chi connectivity index (χ1) is 8.72. The van der Waals surface area contributed by atoms with E-state index in [4.69, 9.17) is 5.73 Å². The summed E-state index contributed by atoms with van der Waals surface area (Å²) in [4.78, 5) is 2.27. The second-order valence-electron chi connectivity index (χ2n) is 4.63. The van der Waals surface area contributed by atoms with Gasteiger partial charge in [0, 0.05) is 25.8 Å². The Bertz CT molecular complexity index is 506. The molecule has 2 heteroatoms. The number of para-hydroxylation sites is 1. The van der Waals surface area contributed by atoms with Crippen molar-refractivity contribution in [2.45, 2.75) is 20.0 Å². The van der Waals surface area contributed by atoms with Gasteiger partial charge in [-0.25, -0.2) is 0 Å². The topological polar surface area (TPSA) is 29.3 Å². The minimum atomic E-state index is 0.580. The van der Waals surface area contributed by atoms with Gasteiger partial charge in [-0.2, -0.15) is 0 Å². The first-order valence-electron chi connectivity index (χ1n) is 6.26. The molecule has 94 valence electrons. The van der Waals surface area contributed by atoms with E-state index < -0.39 is 0 Å². The van der Waals surface area contributed by atoms with E-state index in [1.54, 1.807) is 0 Å². The van der Waals surface area contributed by atoms with Crippen LogP contribution in [0.25, 0.3) is 0 Å². The lowest BCUT2D eigenvalue weighted by Crippen LogP contribution is -2.20. The highest BCUT2D eigenvalue weighted by molar-refractivity contribution is 5.59. The van der Waals surface area contributed by atoms with Crippen LogP contribution in [-0.2, 0) is 13.1 Å². The van der Waals surface area contributed by atoms with Gasteiger partial charge in [0.1, 0.15) is 0 Å². The zero-order valence-corrected chi connectivity index (χ0v) is 11.1. The fourth-order valence-corrected chi connectivity index (χ4v) is 2.37. The van der Waals surface area contributed by atoms with E-state index in [1.807, 2.05) is 6.07 Å². The molecule has 0 aliphatic rings. The normalized spacial score (nSPS) is 10.4. The molecule has 0 radical (unpaired) electrons. The van der Waals surface area contributed by atoms with Crippen molar-refractivity contribution >= 4 is 5.69 Å². The van der Waals surface area contributed by atoms with Gasteiger partial charge >= 0.3 is 0 Å². The molecule has 0 aliphatic heterocycles. The maximum absolute atomic E-state index is 5.82. The lowest BCUT2D eigenvalue weighted by molar-refractivity contribution is 0.897. The first kappa shape index (κ1) is 12.7. The van der Waals surface area contributed by atoms with Gasteiger partial charge in [0.2, 0.25) is 0 Å². The van der Waals surface area contributed by atoms with E-state index in [0.717, 1.165) is 6.54 Å². The van der Waals surface area contributed by atoms with Crippen LogP contribution in [0.15, 0.2) is 48.5 Å². The zero-order chi connectivity index (χ0) is 13.0. The van der Waals surface area contributed by atoms with Crippen LogP contribution in [-0.4, -0.2) is 7.05 Å². The summed E-state index contributed by atoms with van der Waals surface area (Å²) in [5, 5.41) is 0. The molecule has 2 rings (SSSR count). The number of benzene rings is 2. The summed E-state index contributed by atoms with van der Waals surface area (Å²) in [6.45, 7) is 3.62. The molecule has 0 saturated carbocycles. The molecule has 18 heavy (non-hydrogen) atoms. The Morgan fingerprint density at radius 3 is 2.39 bits per heavy atom. The van der Waals surface area contributed by atoms with Crippen molar-refractivity contribution in [3.8, 4) is 0 Å². The fourth-order valence-electron chi connectivity index (χ4n) is 2.37. The number of nitrogens with zero attached hydrogens (tertiary/aromatic N) is 1. The average molecular weight is 240 g/mol. The van der Waals surface area contributed by atoms with Crippen LogP contribution in [0.4, 0.5) is 5.69 Å². The molecule has 0 bridgehead atoms. The largest absolute Gasteiger partial charge is 0.370 e. The van der Waals surface area contributed by atoms with Crippen LogP contribution in [0.3, 0.4) is 0 Å². The van der Waals surface area contributed by atoms with Crippen LogP contribution in [0.2, 0.25) is 0 Å². The summed E-state index contributed by atoms with van der Waals surface area (Å²) < 4.78 is 0. The molecule has 2 nitrogen and oxygen atoms in total. The molecule has 0 heterocycles. The standard InChI is InChI=1S/C16H20N2/c1-13-7-6-10-15(11-17)16(13)18(2)12-14-8-4-3-5-9-14/h3-10H,11-12,17H2,1-2H3. The summed E-state index contributed by atoms with van der Waals surface area (Å²) in [6.07, 6.45) is 0. The van der Waals surface area contributed by atoms with Gasteiger partial charge in [0.25, 0.3) is 0 Å². The average Bonchev–Trinajstić information content (AvgIpc) is 2.39. The Morgan fingerprint density at radius 2 is 1.72 bits per heavy atom. The minimum absolute atomic E-state index is 0.580. The SMILES string of the molecule is Cc1cccc(CN)c1N(C)Cc1ccccc1. The van der Waals surface area contributed by atoms with Crippen LogP contribution < -0.4 is 10.6 Å². The second-order valence-corrected chi connectivity index (χ2v) is 4.63. The molecule has 0 spiro atoms. The number of rotatable bonds is 4. The van der Waals surface area contributed by atoms with Crippen molar-refractivity contribution in [1.82, 2.24) is 0 Å². The number of nitrogens with two attached hydrogens (primary N) is 1. The minimum Gasteiger partial charge on any atom is -0.370 e. The molecule has 2 N–H and O–H groups in total. The summed E-state index contributed by atoms with van der Waals surface area (Å²) in [6, 6.07) is 16.8. The van der Waals surface area contributed by atoms with Gasteiger partial charge in [-0.05, 0) is 23.6 Å². The molecule has 0 aromatic heterocycles. The van der Waals surface area contributed by atoms with Crippen molar-refractivity contribution in [1.29, 1.82) is 0 Å². The highest BCUT2D eigenvalue weighted by atomic mass is 15.1. The number of hydrogen-bond donors (Lipinski definition) is 1. The predicted molar refractivity (Wildman–Crippen MR) is 77.6 cm³/mol. The van der Waals surface area contributed by atoms with Crippen molar-refractivity contribution in [2.24, 2.45) is 5.73 Å². The van der Waals surface area contributed by atoms with Crippen LogP contribution in [0, 0.1) is 6.92 Å². The summed E-state index contributed by atoms with van der Waals surface area (Å²) in [7, 11) is 2.12. The monoisotopic (exact) mass is 240 g/mol. The smallest absolute Gasteiger partial charge is 0.0441 e. The van der Waals surface area contributed by atoms with E-state index in [0.29, 0.717) is 6.54 Å². The molecule has 0 unspecified atom stereocenters. The lowest BCUT2D eigenvalue weighted by Gasteiger charge is -2.24. The number of aryl methyl sites for hydroxylation is 1. The molecule has 2 aromatic carbocycles. The number of anilines is 1. The highest BCUT2D eigenvalue weighted by Crippen LogP contribution is 2.25. The zero-order valence-electron chi connectivity index (χ0n) is 11.1. The molecular formula is C16H20N2. The van der Waals surface area contributed by atoms with Gasteiger partial charge in [-0.1, -0.05) is 48.5 Å². The van der Waals surface area contributed by atoms with Crippen molar-refractivity contribution in [3.05, 3.63) is 65.2 Å². The van der Waals surface area contributed by atoms with E-state index in [2.05, 4.69) is 61.3 Å². The molecular weight excluding hydrogens is 220 g/mol. The van der Waals surface area contributed by atoms with Gasteiger partial charge in [0.15, 0.2) is 0 Å². The summed E-state index contributed by atoms with van der Waals surface area (Å²) in [5.74, 6) is 0. The van der Waals surface area contributed by atoms with E-state index in [1.165, 1.54) is 22.4 Å². The van der Waals surface area contributed by atoms with E-state index in [9.17, 15) is 0 Å². The quantitative estimate of drug-likeness (QED) is 0.889. The fraction of sp³-hybridized carbons (Fsp3) is 0.250. The van der Waals surface area contributed by atoms with Gasteiger partial charge in [-0.3, -0.25) is 0 Å². The van der Waals surface area contributed by atoms with Gasteiger partial charge in [-0.15, -0.1) is 0 Å². The van der Waals surface area contributed by atoms with Crippen molar-refractivity contribution < 1.29 is 0 Å². The highest BCUT2D eigenvalue weighted by Gasteiger charge is 2.09. The predicted octanol–water partition coefficient (Wildman–Crippen LogP) is 3.09. The first-order valence-corrected chi connectivity index (χ1v) is 6.26. The maximum Gasteiger partial charge on any atom is 0.0441 e. The van der Waals surface area contributed by atoms with E-state index >= 15 is 0 Å². The third-order valence-electron chi connectivity index (χ3n) is 3.19. The lowest BCUT2D eigenvalue weighted by atomic mass is 10.1. The number of hydrogen-bond acceptors (Lipinski definition) is 2. The maximum atomic E-state index is 5.82. The Kier molecular flexibility index (Phi) is 4.00. The molecule has 0 atom stereocenters. The molecule has 0 amide bonds. The second kappa shape index (κ2) is 5.69. The van der Waals surface area contributed by atoms with Crippen LogP contribution >= 0.6 is 0 Å². The molecule has 0 fully saturated rings. The Balaban J connectivity index is 2.26. The van der Waals surface area contributed by atoms with Crippen LogP contribution in [0.1, 0.15) is 16.7 Å². The van der Waals surface area contributed by atoms with E-state index in [-0.39, 0.29) is 0 Å². The Labute approximate surface area is 109 Å². The molecule has 0 aliphatic carbocycles. The third-order valence-corrected chi connectivity index (χ3v) is 3.19. The summed E-state index contributed by atoms with van der Waals surface area (Å²) in [5.41, 5.74) is 10.9. The van der Waals surface area contributed by atoms with Crippen molar-refractivity contribution in [2.75, 3.05) is 11.9 Å². The Morgan fingerprint density at radius 1 is 1.00 bits per heavy atom.